The lowest BCUT2D eigenvalue weighted by molar-refractivity contribution is 0.134. The molecule has 0 bridgehead atoms. The van der Waals surface area contributed by atoms with Crippen LogP contribution in [0, 0.1) is 17.0 Å². The average Bonchev–Trinajstić information content (AvgIpc) is 2.92. The van der Waals surface area contributed by atoms with E-state index < -0.39 is 37.7 Å². The van der Waals surface area contributed by atoms with Crippen molar-refractivity contribution in [1.29, 1.82) is 0 Å². The second kappa shape index (κ2) is 5.86. The van der Waals surface area contributed by atoms with Crippen molar-refractivity contribution >= 4 is 15.7 Å². The fraction of sp³-hybridized carbons (Fsp3) is 0.538. The largest absolute Gasteiger partial charge is 0.396 e. The first-order valence-corrected chi connectivity index (χ1v) is 8.14. The molecule has 0 heterocycles. The number of nitrogen functional groups attached to an aromatic ring is 1. The maximum absolute atomic E-state index is 13.8. The molecule has 1 fully saturated rings. The molecule has 0 saturated heterocycles. The van der Waals surface area contributed by atoms with Gasteiger partial charge in [-0.1, -0.05) is 12.8 Å². The van der Waals surface area contributed by atoms with Crippen molar-refractivity contribution in [1.82, 2.24) is 4.72 Å². The Labute approximate surface area is 122 Å². The first kappa shape index (κ1) is 16.1. The van der Waals surface area contributed by atoms with Gasteiger partial charge in [0.15, 0.2) is 5.82 Å². The summed E-state index contributed by atoms with van der Waals surface area (Å²) in [4.78, 5) is -0.688. The van der Waals surface area contributed by atoms with Crippen molar-refractivity contribution in [3.05, 3.63) is 23.8 Å². The Morgan fingerprint density at radius 1 is 1.29 bits per heavy atom. The maximum Gasteiger partial charge on any atom is 0.243 e. The van der Waals surface area contributed by atoms with Gasteiger partial charge in [0, 0.05) is 18.6 Å². The maximum atomic E-state index is 13.8. The van der Waals surface area contributed by atoms with E-state index in [-0.39, 0.29) is 13.2 Å². The van der Waals surface area contributed by atoms with Crippen molar-refractivity contribution in [2.45, 2.75) is 30.6 Å². The molecule has 21 heavy (non-hydrogen) atoms. The van der Waals surface area contributed by atoms with Crippen molar-refractivity contribution in [2.24, 2.45) is 5.41 Å². The van der Waals surface area contributed by atoms with E-state index in [1.165, 1.54) is 0 Å². The monoisotopic (exact) mass is 320 g/mol. The van der Waals surface area contributed by atoms with Crippen molar-refractivity contribution in [3.63, 3.8) is 0 Å². The number of hydrogen-bond acceptors (Lipinski definition) is 4. The number of aliphatic hydroxyl groups is 1. The summed E-state index contributed by atoms with van der Waals surface area (Å²) in [7, 11) is -4.15. The third kappa shape index (κ3) is 3.17. The smallest absolute Gasteiger partial charge is 0.243 e. The number of rotatable bonds is 5. The van der Waals surface area contributed by atoms with Crippen LogP contribution in [0.25, 0.3) is 0 Å². The van der Waals surface area contributed by atoms with Gasteiger partial charge >= 0.3 is 0 Å². The summed E-state index contributed by atoms with van der Waals surface area (Å²) in [6.07, 6.45) is 3.25. The van der Waals surface area contributed by atoms with Gasteiger partial charge in [-0.25, -0.2) is 21.9 Å². The Morgan fingerprint density at radius 3 is 2.48 bits per heavy atom. The zero-order chi connectivity index (χ0) is 15.7. The average molecular weight is 320 g/mol. The Kier molecular flexibility index (Phi) is 4.50. The first-order valence-electron chi connectivity index (χ1n) is 6.65. The zero-order valence-corrected chi connectivity index (χ0v) is 12.2. The van der Waals surface area contributed by atoms with Crippen LogP contribution >= 0.6 is 0 Å². The molecular formula is C13H18F2N2O3S. The van der Waals surface area contributed by atoms with E-state index in [0.29, 0.717) is 12.8 Å². The number of aliphatic hydroxyl groups excluding tert-OH is 1. The van der Waals surface area contributed by atoms with Gasteiger partial charge in [0.1, 0.15) is 16.4 Å². The van der Waals surface area contributed by atoms with Gasteiger partial charge in [0.05, 0.1) is 0 Å². The number of halogens is 2. The Bertz CT molecular complexity index is 629. The van der Waals surface area contributed by atoms with Gasteiger partial charge in [-0.05, 0) is 25.0 Å². The van der Waals surface area contributed by atoms with E-state index in [4.69, 9.17) is 5.73 Å². The topological polar surface area (TPSA) is 92.4 Å². The van der Waals surface area contributed by atoms with Gasteiger partial charge < -0.3 is 10.8 Å². The molecule has 0 radical (unpaired) electrons. The number of benzene rings is 1. The van der Waals surface area contributed by atoms with Gasteiger partial charge in [0.2, 0.25) is 10.0 Å². The van der Waals surface area contributed by atoms with Gasteiger partial charge in [-0.3, -0.25) is 0 Å². The molecule has 0 aromatic heterocycles. The van der Waals surface area contributed by atoms with Crippen LogP contribution in [0.2, 0.25) is 0 Å². The minimum absolute atomic E-state index is 0.0164. The van der Waals surface area contributed by atoms with Crippen LogP contribution in [0.3, 0.4) is 0 Å². The molecule has 0 spiro atoms. The zero-order valence-electron chi connectivity index (χ0n) is 11.4. The van der Waals surface area contributed by atoms with E-state index in [1.807, 2.05) is 0 Å². The number of anilines is 1. The summed E-state index contributed by atoms with van der Waals surface area (Å²) in [6.45, 7) is -0.119. The predicted octanol–water partition coefficient (Wildman–Crippen LogP) is 1.38. The molecule has 0 unspecified atom stereocenters. The fourth-order valence-corrected chi connectivity index (χ4v) is 3.84. The quantitative estimate of drug-likeness (QED) is 0.715. The molecule has 0 atom stereocenters. The Hall–Kier alpha value is -1.25. The van der Waals surface area contributed by atoms with Crippen LogP contribution in [0.1, 0.15) is 25.7 Å². The van der Waals surface area contributed by atoms with E-state index in [2.05, 4.69) is 4.72 Å². The summed E-state index contributed by atoms with van der Waals surface area (Å²) in [6, 6.07) is 1.65. The van der Waals surface area contributed by atoms with E-state index >= 15 is 0 Å². The van der Waals surface area contributed by atoms with Crippen LogP contribution in [-0.2, 0) is 10.0 Å². The fourth-order valence-electron chi connectivity index (χ4n) is 2.60. The summed E-state index contributed by atoms with van der Waals surface area (Å²) in [5.41, 5.74) is 3.84. The third-order valence-corrected chi connectivity index (χ3v) is 5.44. The molecule has 1 aliphatic carbocycles. The highest BCUT2D eigenvalue weighted by molar-refractivity contribution is 7.89. The predicted molar refractivity (Wildman–Crippen MR) is 73.9 cm³/mol. The number of nitrogens with one attached hydrogen (secondary N) is 1. The molecule has 0 amide bonds. The third-order valence-electron chi connectivity index (χ3n) is 4.02. The van der Waals surface area contributed by atoms with E-state index in [0.717, 1.165) is 25.0 Å². The van der Waals surface area contributed by atoms with Gasteiger partial charge in [-0.2, -0.15) is 0 Å². The lowest BCUT2D eigenvalue weighted by atomic mass is 9.88. The second-order valence-electron chi connectivity index (χ2n) is 5.46. The molecule has 8 heteroatoms. The molecule has 1 aromatic rings. The molecule has 4 N–H and O–H groups in total. The summed E-state index contributed by atoms with van der Waals surface area (Å²) in [5, 5.41) is 9.44. The SMILES string of the molecule is Nc1c(F)ccc(S(=O)(=O)NCC2(CO)CCCC2)c1F. The van der Waals surface area contributed by atoms with Crippen LogP contribution < -0.4 is 10.5 Å². The normalized spacial score (nSPS) is 18.0. The Balaban J connectivity index is 2.21. The first-order chi connectivity index (χ1) is 9.81. The van der Waals surface area contributed by atoms with Crippen LogP contribution in [0.15, 0.2) is 17.0 Å². The van der Waals surface area contributed by atoms with Gasteiger partial charge in [0.25, 0.3) is 0 Å². The Morgan fingerprint density at radius 2 is 1.90 bits per heavy atom. The number of sulfonamides is 1. The highest BCUT2D eigenvalue weighted by Crippen LogP contribution is 2.37. The van der Waals surface area contributed by atoms with Crippen LogP contribution in [0.5, 0.6) is 0 Å². The van der Waals surface area contributed by atoms with Crippen molar-refractivity contribution < 1.29 is 22.3 Å². The molecule has 5 nitrogen and oxygen atoms in total. The number of nitrogens with two attached hydrogens (primary N) is 1. The standard InChI is InChI=1S/C13H18F2N2O3S/c14-9-3-4-10(11(15)12(9)16)21(19,20)17-7-13(8-18)5-1-2-6-13/h3-4,17-18H,1-2,5-8,16H2. The highest BCUT2D eigenvalue weighted by atomic mass is 32.2. The lowest BCUT2D eigenvalue weighted by Crippen LogP contribution is -2.38. The molecule has 1 saturated carbocycles. The molecular weight excluding hydrogens is 302 g/mol. The second-order valence-corrected chi connectivity index (χ2v) is 7.20. The minimum Gasteiger partial charge on any atom is -0.396 e. The summed E-state index contributed by atoms with van der Waals surface area (Å²) in [5.74, 6) is -2.30. The van der Waals surface area contributed by atoms with Crippen molar-refractivity contribution in [2.75, 3.05) is 18.9 Å². The van der Waals surface area contributed by atoms with Crippen molar-refractivity contribution in [3.8, 4) is 0 Å². The highest BCUT2D eigenvalue weighted by Gasteiger charge is 2.35. The molecule has 118 valence electrons. The molecule has 1 aliphatic rings. The number of hydrogen-bond donors (Lipinski definition) is 3. The lowest BCUT2D eigenvalue weighted by Gasteiger charge is -2.26. The molecule has 2 rings (SSSR count). The molecule has 0 aliphatic heterocycles. The van der Waals surface area contributed by atoms with Gasteiger partial charge in [-0.15, -0.1) is 0 Å². The van der Waals surface area contributed by atoms with Crippen LogP contribution in [0.4, 0.5) is 14.5 Å². The van der Waals surface area contributed by atoms with Crippen LogP contribution in [-0.4, -0.2) is 26.7 Å². The minimum atomic E-state index is -4.15. The summed E-state index contributed by atoms with van der Waals surface area (Å²) >= 11 is 0. The molecule has 1 aromatic carbocycles. The van der Waals surface area contributed by atoms with E-state index in [1.54, 1.807) is 0 Å². The summed E-state index contributed by atoms with van der Waals surface area (Å²) < 4.78 is 53.4. The van der Waals surface area contributed by atoms with E-state index in [9.17, 15) is 22.3 Å².